The van der Waals surface area contributed by atoms with Gasteiger partial charge >= 0.3 is 0 Å². The Balaban J connectivity index is 3.09. The van der Waals surface area contributed by atoms with Crippen LogP contribution in [0, 0.1) is 17.7 Å². The zero-order chi connectivity index (χ0) is 14.5. The number of nitrogens with two attached hydrogens (primary N) is 1. The summed E-state index contributed by atoms with van der Waals surface area (Å²) in [6, 6.07) is 3.94. The van der Waals surface area contributed by atoms with E-state index in [2.05, 4.69) is 17.2 Å². The van der Waals surface area contributed by atoms with Crippen LogP contribution in [0.25, 0.3) is 0 Å². The molecule has 3 nitrogen and oxygen atoms in total. The molecule has 4 heteroatoms. The van der Waals surface area contributed by atoms with Gasteiger partial charge in [-0.25, -0.2) is 4.39 Å². The van der Waals surface area contributed by atoms with Crippen LogP contribution in [0.3, 0.4) is 0 Å². The molecule has 3 N–H and O–H groups in total. The number of halogens is 1. The standard InChI is InChI=1S/C15H19FN2O/c1-4-15(2,3)18-14(19)13-8-7-12(16)10-11(13)6-5-9-17/h7-8,10H,4,9,17H2,1-3H3,(H,18,19). The van der Waals surface area contributed by atoms with E-state index in [1.165, 1.54) is 18.2 Å². The van der Waals surface area contributed by atoms with Gasteiger partial charge in [-0.3, -0.25) is 4.79 Å². The zero-order valence-electron chi connectivity index (χ0n) is 11.5. The molecule has 0 bridgehead atoms. The van der Waals surface area contributed by atoms with Gasteiger partial charge in [-0.15, -0.1) is 0 Å². The number of rotatable bonds is 3. The Morgan fingerprint density at radius 1 is 1.47 bits per heavy atom. The van der Waals surface area contributed by atoms with Gasteiger partial charge in [0.2, 0.25) is 0 Å². The third kappa shape index (κ3) is 4.38. The number of hydrogen-bond donors (Lipinski definition) is 2. The second-order valence-electron chi connectivity index (χ2n) is 4.89. The van der Waals surface area contributed by atoms with Crippen molar-refractivity contribution in [3.05, 3.63) is 35.1 Å². The van der Waals surface area contributed by atoms with Gasteiger partial charge in [-0.1, -0.05) is 18.8 Å². The van der Waals surface area contributed by atoms with Gasteiger partial charge in [0.05, 0.1) is 12.1 Å². The van der Waals surface area contributed by atoms with Crippen LogP contribution in [0.1, 0.15) is 43.1 Å². The average Bonchev–Trinajstić information content (AvgIpc) is 2.35. The van der Waals surface area contributed by atoms with Crippen molar-refractivity contribution in [3.63, 3.8) is 0 Å². The van der Waals surface area contributed by atoms with Gasteiger partial charge in [0, 0.05) is 11.1 Å². The molecule has 0 spiro atoms. The summed E-state index contributed by atoms with van der Waals surface area (Å²) in [6.45, 7) is 6.01. The van der Waals surface area contributed by atoms with Crippen LogP contribution < -0.4 is 11.1 Å². The molecule has 0 aliphatic carbocycles. The molecule has 0 fully saturated rings. The normalized spacial score (nSPS) is 10.6. The van der Waals surface area contributed by atoms with Gasteiger partial charge in [-0.05, 0) is 38.5 Å². The van der Waals surface area contributed by atoms with Crippen molar-refractivity contribution in [2.45, 2.75) is 32.7 Å². The highest BCUT2D eigenvalue weighted by atomic mass is 19.1. The van der Waals surface area contributed by atoms with Crippen LogP contribution in [0.4, 0.5) is 4.39 Å². The van der Waals surface area contributed by atoms with E-state index in [-0.39, 0.29) is 18.0 Å². The lowest BCUT2D eigenvalue weighted by molar-refractivity contribution is 0.0911. The zero-order valence-corrected chi connectivity index (χ0v) is 11.5. The summed E-state index contributed by atoms with van der Waals surface area (Å²) in [5, 5.41) is 2.90. The average molecular weight is 262 g/mol. The molecule has 0 saturated heterocycles. The molecule has 102 valence electrons. The maximum absolute atomic E-state index is 13.2. The third-order valence-electron chi connectivity index (χ3n) is 2.89. The fraction of sp³-hybridized carbons (Fsp3) is 0.400. The summed E-state index contributed by atoms with van der Waals surface area (Å²) in [5.41, 5.74) is 5.70. The van der Waals surface area contributed by atoms with Gasteiger partial charge in [-0.2, -0.15) is 0 Å². The first-order valence-corrected chi connectivity index (χ1v) is 6.20. The fourth-order valence-electron chi connectivity index (χ4n) is 1.43. The van der Waals surface area contributed by atoms with E-state index in [4.69, 9.17) is 5.73 Å². The Kier molecular flexibility index (Phi) is 5.08. The van der Waals surface area contributed by atoms with Crippen molar-refractivity contribution in [2.24, 2.45) is 5.73 Å². The minimum absolute atomic E-state index is 0.165. The van der Waals surface area contributed by atoms with Crippen LogP contribution in [-0.4, -0.2) is 18.0 Å². The molecule has 19 heavy (non-hydrogen) atoms. The predicted molar refractivity (Wildman–Crippen MR) is 74.2 cm³/mol. The first-order valence-electron chi connectivity index (χ1n) is 6.20. The largest absolute Gasteiger partial charge is 0.347 e. The summed E-state index contributed by atoms with van der Waals surface area (Å²) in [6.07, 6.45) is 0.795. The van der Waals surface area contributed by atoms with Crippen LogP contribution in [0.2, 0.25) is 0 Å². The van der Waals surface area contributed by atoms with Crippen LogP contribution in [0.5, 0.6) is 0 Å². The lowest BCUT2D eigenvalue weighted by atomic mass is 10.00. The molecule has 0 radical (unpaired) electrons. The Morgan fingerprint density at radius 2 is 2.16 bits per heavy atom. The summed E-state index contributed by atoms with van der Waals surface area (Å²) in [5.74, 6) is 4.68. The van der Waals surface area contributed by atoms with Crippen molar-refractivity contribution in [2.75, 3.05) is 6.54 Å². The molecule has 0 saturated carbocycles. The second-order valence-corrected chi connectivity index (χ2v) is 4.89. The molecule has 0 heterocycles. The van der Waals surface area contributed by atoms with Gasteiger partial charge in [0.1, 0.15) is 5.82 Å². The molecule has 1 aromatic carbocycles. The minimum atomic E-state index is -0.423. The first-order chi connectivity index (χ1) is 8.89. The minimum Gasteiger partial charge on any atom is -0.347 e. The van der Waals surface area contributed by atoms with Crippen molar-refractivity contribution in [1.29, 1.82) is 0 Å². The number of benzene rings is 1. The molecule has 0 aliphatic rings. The van der Waals surface area contributed by atoms with Crippen molar-refractivity contribution < 1.29 is 9.18 Å². The number of hydrogen-bond acceptors (Lipinski definition) is 2. The quantitative estimate of drug-likeness (QED) is 0.819. The van der Waals surface area contributed by atoms with Crippen LogP contribution in [-0.2, 0) is 0 Å². The van der Waals surface area contributed by atoms with Gasteiger partial charge in [0.15, 0.2) is 0 Å². The lowest BCUT2D eigenvalue weighted by Gasteiger charge is -2.24. The number of nitrogens with one attached hydrogen (secondary N) is 1. The molecule has 0 atom stereocenters. The van der Waals surface area contributed by atoms with Crippen LogP contribution >= 0.6 is 0 Å². The Morgan fingerprint density at radius 3 is 2.74 bits per heavy atom. The highest BCUT2D eigenvalue weighted by Gasteiger charge is 2.20. The lowest BCUT2D eigenvalue weighted by Crippen LogP contribution is -2.43. The number of carbonyl (C=O) groups excluding carboxylic acids is 1. The van der Waals surface area contributed by atoms with E-state index in [0.717, 1.165) is 6.42 Å². The van der Waals surface area contributed by atoms with Gasteiger partial charge < -0.3 is 11.1 Å². The van der Waals surface area contributed by atoms with Crippen molar-refractivity contribution >= 4 is 5.91 Å². The second kappa shape index (κ2) is 6.35. The van der Waals surface area contributed by atoms with E-state index >= 15 is 0 Å². The Bertz CT molecular complexity index is 527. The molecule has 1 aromatic rings. The maximum atomic E-state index is 13.2. The maximum Gasteiger partial charge on any atom is 0.252 e. The number of carbonyl (C=O) groups is 1. The summed E-state index contributed by atoms with van der Waals surface area (Å²) < 4.78 is 13.2. The molecule has 0 aliphatic heterocycles. The molecule has 0 aromatic heterocycles. The molecular formula is C15H19FN2O. The smallest absolute Gasteiger partial charge is 0.252 e. The SMILES string of the molecule is CCC(C)(C)NC(=O)c1ccc(F)cc1C#CCN. The molecule has 1 amide bonds. The number of amides is 1. The van der Waals surface area contributed by atoms with Crippen molar-refractivity contribution in [3.8, 4) is 11.8 Å². The van der Waals surface area contributed by atoms with Gasteiger partial charge in [0.25, 0.3) is 5.91 Å². The van der Waals surface area contributed by atoms with E-state index in [0.29, 0.717) is 11.1 Å². The predicted octanol–water partition coefficient (Wildman–Crippen LogP) is 2.05. The molecular weight excluding hydrogens is 243 g/mol. The first kappa shape index (κ1) is 15.2. The molecule has 1 rings (SSSR count). The topological polar surface area (TPSA) is 55.1 Å². The monoisotopic (exact) mass is 262 g/mol. The highest BCUT2D eigenvalue weighted by Crippen LogP contribution is 2.14. The Hall–Kier alpha value is -1.86. The summed E-state index contributed by atoms with van der Waals surface area (Å²) >= 11 is 0. The summed E-state index contributed by atoms with van der Waals surface area (Å²) in [4.78, 5) is 12.2. The molecule has 0 unspecified atom stereocenters. The summed E-state index contributed by atoms with van der Waals surface area (Å²) in [7, 11) is 0. The fourth-order valence-corrected chi connectivity index (χ4v) is 1.43. The van der Waals surface area contributed by atoms with E-state index < -0.39 is 5.82 Å². The van der Waals surface area contributed by atoms with E-state index in [1.54, 1.807) is 0 Å². The van der Waals surface area contributed by atoms with Crippen LogP contribution in [0.15, 0.2) is 18.2 Å². The van der Waals surface area contributed by atoms with E-state index in [1.807, 2.05) is 20.8 Å². The third-order valence-corrected chi connectivity index (χ3v) is 2.89. The highest BCUT2D eigenvalue weighted by molar-refractivity contribution is 5.97. The Labute approximate surface area is 113 Å². The van der Waals surface area contributed by atoms with E-state index in [9.17, 15) is 9.18 Å². The van der Waals surface area contributed by atoms with Crippen molar-refractivity contribution in [1.82, 2.24) is 5.32 Å².